The zero-order chi connectivity index (χ0) is 8.55. The summed E-state index contributed by atoms with van der Waals surface area (Å²) in [6, 6.07) is 7.88. The number of nitrogens with two attached hydrogens (primary N) is 1. The van der Waals surface area contributed by atoms with Gasteiger partial charge in [0.05, 0.1) is 6.10 Å². The first-order valence-electron chi connectivity index (χ1n) is 4.30. The Balaban J connectivity index is 0.000000845. The fourth-order valence-corrected chi connectivity index (χ4v) is 1.76. The Kier molecular flexibility index (Phi) is 3.31. The van der Waals surface area contributed by atoms with Gasteiger partial charge < -0.3 is 10.8 Å². The molecule has 1 aliphatic rings. The molecule has 72 valence electrons. The summed E-state index contributed by atoms with van der Waals surface area (Å²) < 4.78 is 0. The van der Waals surface area contributed by atoms with Crippen LogP contribution in [0.25, 0.3) is 0 Å². The Morgan fingerprint density at radius 1 is 1.31 bits per heavy atom. The average Bonchev–Trinajstić information content (AvgIpc) is 2.12. The second-order valence-corrected chi connectivity index (χ2v) is 3.35. The van der Waals surface area contributed by atoms with E-state index in [9.17, 15) is 5.11 Å². The second kappa shape index (κ2) is 4.09. The summed E-state index contributed by atoms with van der Waals surface area (Å²) in [7, 11) is 0. The van der Waals surface area contributed by atoms with Crippen LogP contribution < -0.4 is 5.73 Å². The van der Waals surface area contributed by atoms with Crippen molar-refractivity contribution in [3.8, 4) is 0 Å². The molecule has 0 aliphatic heterocycles. The minimum absolute atomic E-state index is 0. The van der Waals surface area contributed by atoms with Crippen LogP contribution in [0.15, 0.2) is 24.3 Å². The van der Waals surface area contributed by atoms with Crippen LogP contribution in [0.3, 0.4) is 0 Å². The Bertz CT molecular complexity index is 290. The van der Waals surface area contributed by atoms with E-state index in [4.69, 9.17) is 5.73 Å². The number of aryl methyl sites for hydroxylation is 1. The molecule has 0 fully saturated rings. The molecule has 0 saturated heterocycles. The number of benzene rings is 1. The molecule has 13 heavy (non-hydrogen) atoms. The molecule has 2 nitrogen and oxygen atoms in total. The summed E-state index contributed by atoms with van der Waals surface area (Å²) in [6.07, 6.45) is 1.42. The molecule has 0 saturated carbocycles. The molecule has 0 heterocycles. The van der Waals surface area contributed by atoms with E-state index in [1.54, 1.807) is 0 Å². The van der Waals surface area contributed by atoms with Gasteiger partial charge in [-0.15, -0.1) is 12.4 Å². The number of aliphatic hydroxyl groups is 1. The molecule has 3 heteroatoms. The third-order valence-corrected chi connectivity index (χ3v) is 2.53. The molecule has 1 aromatic carbocycles. The lowest BCUT2D eigenvalue weighted by molar-refractivity contribution is 0.134. The van der Waals surface area contributed by atoms with E-state index in [1.165, 1.54) is 5.56 Å². The predicted molar refractivity (Wildman–Crippen MR) is 54.9 cm³/mol. The Morgan fingerprint density at radius 3 is 2.77 bits per heavy atom. The summed E-state index contributed by atoms with van der Waals surface area (Å²) in [5, 5.41) is 9.70. The second-order valence-electron chi connectivity index (χ2n) is 3.35. The largest absolute Gasteiger partial charge is 0.387 e. The number of rotatable bonds is 0. The minimum Gasteiger partial charge on any atom is -0.387 e. The molecule has 0 bridgehead atoms. The summed E-state index contributed by atoms with van der Waals surface area (Å²) in [5.41, 5.74) is 8.00. The van der Waals surface area contributed by atoms with Gasteiger partial charge in [0.2, 0.25) is 0 Å². The normalized spacial score (nSPS) is 26.0. The molecule has 0 amide bonds. The number of halogens is 1. The van der Waals surface area contributed by atoms with Gasteiger partial charge in [-0.05, 0) is 24.0 Å². The van der Waals surface area contributed by atoms with E-state index >= 15 is 0 Å². The lowest BCUT2D eigenvalue weighted by Crippen LogP contribution is -2.32. The molecular formula is C10H14ClNO. The third-order valence-electron chi connectivity index (χ3n) is 2.53. The molecule has 0 spiro atoms. The Hall–Kier alpha value is -0.570. The summed E-state index contributed by atoms with van der Waals surface area (Å²) >= 11 is 0. The zero-order valence-electron chi connectivity index (χ0n) is 7.31. The zero-order valence-corrected chi connectivity index (χ0v) is 8.13. The SMILES string of the molecule is Cl.N[C@H]1CCc2ccccc2[C@H]1O. The predicted octanol–water partition coefficient (Wildman–Crippen LogP) is 1.42. The molecular weight excluding hydrogens is 186 g/mol. The monoisotopic (exact) mass is 199 g/mol. The van der Waals surface area contributed by atoms with Crippen LogP contribution in [0.4, 0.5) is 0 Å². The number of fused-ring (bicyclic) bond motifs is 1. The van der Waals surface area contributed by atoms with Crippen molar-refractivity contribution in [3.63, 3.8) is 0 Å². The average molecular weight is 200 g/mol. The van der Waals surface area contributed by atoms with Gasteiger partial charge in [0.15, 0.2) is 0 Å². The first kappa shape index (κ1) is 10.5. The molecule has 2 atom stereocenters. The van der Waals surface area contributed by atoms with Gasteiger partial charge in [-0.25, -0.2) is 0 Å². The lowest BCUT2D eigenvalue weighted by atomic mass is 9.86. The van der Waals surface area contributed by atoms with E-state index in [0.717, 1.165) is 18.4 Å². The first-order valence-corrected chi connectivity index (χ1v) is 4.30. The van der Waals surface area contributed by atoms with E-state index < -0.39 is 6.10 Å². The summed E-state index contributed by atoms with van der Waals surface area (Å²) in [4.78, 5) is 0. The topological polar surface area (TPSA) is 46.2 Å². The fourth-order valence-electron chi connectivity index (χ4n) is 1.76. The van der Waals surface area contributed by atoms with Crippen molar-refractivity contribution in [2.45, 2.75) is 25.0 Å². The van der Waals surface area contributed by atoms with Gasteiger partial charge in [-0.1, -0.05) is 24.3 Å². The highest BCUT2D eigenvalue weighted by molar-refractivity contribution is 5.85. The van der Waals surface area contributed by atoms with Crippen LogP contribution in [-0.4, -0.2) is 11.1 Å². The minimum atomic E-state index is -0.463. The summed E-state index contributed by atoms with van der Waals surface area (Å²) in [5.74, 6) is 0. The van der Waals surface area contributed by atoms with E-state index in [-0.39, 0.29) is 18.4 Å². The van der Waals surface area contributed by atoms with Gasteiger partial charge >= 0.3 is 0 Å². The molecule has 2 rings (SSSR count). The van der Waals surface area contributed by atoms with Crippen molar-refractivity contribution < 1.29 is 5.11 Å². The lowest BCUT2D eigenvalue weighted by Gasteiger charge is -2.26. The smallest absolute Gasteiger partial charge is 0.0943 e. The van der Waals surface area contributed by atoms with Gasteiger partial charge in [-0.2, -0.15) is 0 Å². The van der Waals surface area contributed by atoms with Crippen molar-refractivity contribution in [1.29, 1.82) is 0 Å². The third kappa shape index (κ3) is 1.85. The van der Waals surface area contributed by atoms with Crippen LogP contribution in [0, 0.1) is 0 Å². The van der Waals surface area contributed by atoms with Crippen LogP contribution in [-0.2, 0) is 6.42 Å². The van der Waals surface area contributed by atoms with Crippen molar-refractivity contribution in [2.24, 2.45) is 5.73 Å². The Morgan fingerprint density at radius 2 is 2.00 bits per heavy atom. The van der Waals surface area contributed by atoms with Gasteiger partial charge in [0.1, 0.15) is 0 Å². The number of aliphatic hydroxyl groups excluding tert-OH is 1. The Labute approximate surface area is 84.2 Å². The van der Waals surface area contributed by atoms with Crippen molar-refractivity contribution >= 4 is 12.4 Å². The number of hydrogen-bond donors (Lipinski definition) is 2. The molecule has 0 radical (unpaired) electrons. The van der Waals surface area contributed by atoms with Crippen LogP contribution >= 0.6 is 12.4 Å². The van der Waals surface area contributed by atoms with E-state index in [0.29, 0.717) is 0 Å². The van der Waals surface area contributed by atoms with E-state index in [2.05, 4.69) is 6.07 Å². The first-order chi connectivity index (χ1) is 5.79. The maximum atomic E-state index is 9.70. The molecule has 1 aliphatic carbocycles. The van der Waals surface area contributed by atoms with Crippen molar-refractivity contribution in [3.05, 3.63) is 35.4 Å². The van der Waals surface area contributed by atoms with Crippen LogP contribution in [0.1, 0.15) is 23.7 Å². The number of hydrogen-bond acceptors (Lipinski definition) is 2. The quantitative estimate of drug-likeness (QED) is 0.664. The van der Waals surface area contributed by atoms with Gasteiger partial charge in [0, 0.05) is 6.04 Å². The van der Waals surface area contributed by atoms with Crippen LogP contribution in [0.2, 0.25) is 0 Å². The molecule has 0 unspecified atom stereocenters. The van der Waals surface area contributed by atoms with Gasteiger partial charge in [0.25, 0.3) is 0 Å². The highest BCUT2D eigenvalue weighted by Gasteiger charge is 2.23. The highest BCUT2D eigenvalue weighted by Crippen LogP contribution is 2.28. The molecule has 3 N–H and O–H groups in total. The van der Waals surface area contributed by atoms with E-state index in [1.807, 2.05) is 18.2 Å². The van der Waals surface area contributed by atoms with Gasteiger partial charge in [-0.3, -0.25) is 0 Å². The van der Waals surface area contributed by atoms with Crippen molar-refractivity contribution in [1.82, 2.24) is 0 Å². The molecule has 0 aromatic heterocycles. The fraction of sp³-hybridized carbons (Fsp3) is 0.400. The van der Waals surface area contributed by atoms with Crippen molar-refractivity contribution in [2.75, 3.05) is 0 Å². The summed E-state index contributed by atoms with van der Waals surface area (Å²) in [6.45, 7) is 0. The maximum absolute atomic E-state index is 9.70. The van der Waals surface area contributed by atoms with Crippen LogP contribution in [0.5, 0.6) is 0 Å². The highest BCUT2D eigenvalue weighted by atomic mass is 35.5. The maximum Gasteiger partial charge on any atom is 0.0943 e. The standard InChI is InChI=1S/C10H13NO.ClH/c11-9-6-5-7-3-1-2-4-8(7)10(9)12;/h1-4,9-10,12H,5-6,11H2;1H/t9-,10+;/m0./s1. The molecule has 1 aromatic rings.